The minimum absolute atomic E-state index is 0. The van der Waals surface area contributed by atoms with Gasteiger partial charge in [0.25, 0.3) is 0 Å². The van der Waals surface area contributed by atoms with E-state index in [-0.39, 0.29) is 51.8 Å². The van der Waals surface area contributed by atoms with Crippen molar-refractivity contribution in [3.63, 3.8) is 0 Å². The summed E-state index contributed by atoms with van der Waals surface area (Å²) in [5.74, 6) is 0. The van der Waals surface area contributed by atoms with Crippen LogP contribution in [0, 0.1) is 6.08 Å². The summed E-state index contributed by atoms with van der Waals surface area (Å²) in [6.45, 7) is 9.91. The van der Waals surface area contributed by atoms with Crippen LogP contribution < -0.4 is 24.8 Å². The largest absolute Gasteiger partial charge is 3.00 e. The molecule has 0 aromatic carbocycles. The Kier molecular flexibility index (Phi) is 10.8. The quantitative estimate of drug-likeness (QED) is 0.413. The summed E-state index contributed by atoms with van der Waals surface area (Å²) >= 11 is 0. The molecule has 1 nitrogen and oxygen atoms in total. The van der Waals surface area contributed by atoms with Crippen LogP contribution in [0.3, 0.4) is 0 Å². The zero-order valence-electron chi connectivity index (χ0n) is 13.2. The Labute approximate surface area is 157 Å². The molecule has 5 heteroatoms. The van der Waals surface area contributed by atoms with Crippen LogP contribution in [0.25, 0.3) is 0 Å². The van der Waals surface area contributed by atoms with E-state index < -0.39 is 8.07 Å². The summed E-state index contributed by atoms with van der Waals surface area (Å²) in [6.07, 6.45) is 16.6. The van der Waals surface area contributed by atoms with Crippen molar-refractivity contribution in [3.05, 3.63) is 47.2 Å². The Hall–Kier alpha value is 0.431. The van der Waals surface area contributed by atoms with Crippen molar-refractivity contribution in [2.24, 2.45) is 0 Å². The van der Waals surface area contributed by atoms with E-state index in [0.717, 1.165) is 19.4 Å². The second kappa shape index (κ2) is 9.54. The van der Waals surface area contributed by atoms with Gasteiger partial charge in [-0.15, -0.1) is 6.42 Å². The predicted molar refractivity (Wildman–Crippen MR) is 79.9 cm³/mol. The Morgan fingerprint density at radius 2 is 1.95 bits per heavy atom. The van der Waals surface area contributed by atoms with Gasteiger partial charge < -0.3 is 29.6 Å². The standard InChI is InChI=1S/C16H23OSi.2ClH.Ti/c1-5-17-16(13-9-8-10-14(16)2)18(3,4)15-11-6-7-12-15;;;/h6,8-11H,5,7,13H2,1-4H3;2*1H;/q-1;;;+3/p-2. The summed E-state index contributed by atoms with van der Waals surface area (Å²) in [6, 6.07) is 0. The van der Waals surface area contributed by atoms with Crippen molar-refractivity contribution in [1.29, 1.82) is 0 Å². The zero-order chi connectivity index (χ0) is 13.2. The van der Waals surface area contributed by atoms with Gasteiger partial charge in [-0.25, -0.2) is 11.3 Å². The molecular formula is C16H23Cl2OSiTi. The summed E-state index contributed by atoms with van der Waals surface area (Å²) in [7, 11) is -1.73. The van der Waals surface area contributed by atoms with Gasteiger partial charge in [0.15, 0.2) is 0 Å². The number of hydrogen-bond acceptors (Lipinski definition) is 1. The minimum Gasteiger partial charge on any atom is -1.00 e. The maximum absolute atomic E-state index is 6.31. The van der Waals surface area contributed by atoms with Crippen molar-refractivity contribution in [3.8, 4) is 0 Å². The van der Waals surface area contributed by atoms with Crippen LogP contribution in [0.4, 0.5) is 0 Å². The van der Waals surface area contributed by atoms with Crippen LogP contribution in [-0.4, -0.2) is 19.9 Å². The second-order valence-corrected chi connectivity index (χ2v) is 10.2. The van der Waals surface area contributed by atoms with E-state index in [2.05, 4.69) is 63.4 Å². The molecule has 0 fully saturated rings. The van der Waals surface area contributed by atoms with E-state index in [1.807, 2.05) is 0 Å². The molecule has 0 aromatic heterocycles. The van der Waals surface area contributed by atoms with Gasteiger partial charge in [0.2, 0.25) is 0 Å². The monoisotopic (exact) mass is 377 g/mol. The molecule has 21 heavy (non-hydrogen) atoms. The van der Waals surface area contributed by atoms with Crippen molar-refractivity contribution < 1.29 is 51.3 Å². The Morgan fingerprint density at radius 1 is 1.29 bits per heavy atom. The van der Waals surface area contributed by atoms with E-state index in [9.17, 15) is 0 Å². The Balaban J connectivity index is 0. The van der Waals surface area contributed by atoms with Gasteiger partial charge >= 0.3 is 21.7 Å². The normalized spacial score (nSPS) is 23.4. The van der Waals surface area contributed by atoms with Gasteiger partial charge in [-0.2, -0.15) is 6.08 Å². The first-order chi connectivity index (χ1) is 8.54. The molecule has 2 rings (SSSR count). The topological polar surface area (TPSA) is 9.23 Å². The van der Waals surface area contributed by atoms with Crippen molar-refractivity contribution in [2.45, 2.75) is 45.0 Å². The van der Waals surface area contributed by atoms with Gasteiger partial charge in [0.1, 0.15) is 0 Å². The molecule has 1 unspecified atom stereocenters. The average molecular weight is 378 g/mol. The van der Waals surface area contributed by atoms with Crippen molar-refractivity contribution in [1.82, 2.24) is 0 Å². The molecule has 0 heterocycles. The van der Waals surface area contributed by atoms with Crippen molar-refractivity contribution >= 4 is 8.07 Å². The first kappa shape index (κ1) is 23.7. The molecule has 2 aliphatic carbocycles. The smallest absolute Gasteiger partial charge is 1.00 e. The molecular weight excluding hydrogens is 355 g/mol. The van der Waals surface area contributed by atoms with E-state index in [4.69, 9.17) is 4.74 Å². The first-order valence-corrected chi connectivity index (χ1v) is 9.80. The number of rotatable bonds is 4. The molecule has 0 saturated carbocycles. The van der Waals surface area contributed by atoms with E-state index >= 15 is 0 Å². The van der Waals surface area contributed by atoms with Gasteiger partial charge in [-0.3, -0.25) is 6.08 Å². The fourth-order valence-corrected chi connectivity index (χ4v) is 6.86. The molecule has 0 N–H and O–H groups in total. The molecule has 0 spiro atoms. The number of ether oxygens (including phenoxy) is 1. The average Bonchev–Trinajstić information content (AvgIpc) is 2.86. The molecule has 115 valence electrons. The van der Waals surface area contributed by atoms with Gasteiger partial charge in [0, 0.05) is 6.61 Å². The second-order valence-electron chi connectivity index (χ2n) is 5.56. The van der Waals surface area contributed by atoms with Gasteiger partial charge in [-0.05, 0) is 25.8 Å². The van der Waals surface area contributed by atoms with Crippen LogP contribution in [0.2, 0.25) is 13.1 Å². The molecule has 0 bridgehead atoms. The molecule has 0 aliphatic heterocycles. The number of hydrogen-bond donors (Lipinski definition) is 0. The van der Waals surface area contributed by atoms with Crippen LogP contribution in [0.15, 0.2) is 41.1 Å². The molecule has 1 atom stereocenters. The van der Waals surface area contributed by atoms with Crippen LogP contribution in [0.1, 0.15) is 26.7 Å². The van der Waals surface area contributed by atoms with E-state index in [0.29, 0.717) is 0 Å². The van der Waals surface area contributed by atoms with Crippen LogP contribution in [-0.2, 0) is 26.5 Å². The summed E-state index contributed by atoms with van der Waals surface area (Å²) in [5, 5.41) is 1.33. The fourth-order valence-electron chi connectivity index (χ4n) is 3.14. The fraction of sp³-hybridized carbons (Fsp3) is 0.500. The van der Waals surface area contributed by atoms with Crippen LogP contribution in [0.5, 0.6) is 0 Å². The molecule has 0 saturated heterocycles. The Bertz CT molecular complexity index is 455. The molecule has 2 aliphatic rings. The Morgan fingerprint density at radius 3 is 2.43 bits per heavy atom. The van der Waals surface area contributed by atoms with E-state index in [1.165, 1.54) is 10.8 Å². The summed E-state index contributed by atoms with van der Waals surface area (Å²) in [4.78, 5) is 0. The van der Waals surface area contributed by atoms with Gasteiger partial charge in [0.05, 0.1) is 13.3 Å². The van der Waals surface area contributed by atoms with Gasteiger partial charge in [-0.1, -0.05) is 31.3 Å². The van der Waals surface area contributed by atoms with Crippen LogP contribution >= 0.6 is 0 Å². The third-order valence-corrected chi connectivity index (χ3v) is 8.75. The molecule has 0 amide bonds. The van der Waals surface area contributed by atoms with E-state index in [1.54, 1.807) is 0 Å². The predicted octanol–water partition coefficient (Wildman–Crippen LogP) is -1.85. The third kappa shape index (κ3) is 4.25. The third-order valence-electron chi connectivity index (χ3n) is 4.29. The molecule has 1 radical (unpaired) electrons. The summed E-state index contributed by atoms with van der Waals surface area (Å²) in [5.41, 5.74) is 1.37. The maximum Gasteiger partial charge on any atom is 3.00 e. The zero-order valence-corrected chi connectivity index (χ0v) is 17.2. The number of halogens is 2. The SMILES string of the molecule is CCOC1([Si](C)(C)C2=[C-]CC=C2)CC=CC=C1C.[Cl-].[Cl-].[Ti+3]. The summed E-state index contributed by atoms with van der Waals surface area (Å²) < 4.78 is 6.31. The first-order valence-electron chi connectivity index (χ1n) is 6.80. The van der Waals surface area contributed by atoms with Crippen molar-refractivity contribution in [2.75, 3.05) is 6.61 Å². The maximum atomic E-state index is 6.31. The number of allylic oxidation sites excluding steroid dienone is 6. The minimum atomic E-state index is -1.73. The molecule has 0 aromatic rings.